The van der Waals surface area contributed by atoms with Crippen molar-refractivity contribution in [2.75, 3.05) is 12.0 Å². The number of Topliss-reactive ketones (excluding diaryl/α,β-unsaturated/α-hetero) is 1. The average molecular weight is 374 g/mol. The first-order valence-corrected chi connectivity index (χ1v) is 7.64. The van der Waals surface area contributed by atoms with Crippen LogP contribution in [-0.2, 0) is 14.3 Å². The number of methoxy groups -OCH3 is 1. The molecule has 6 heteroatoms. The molecule has 0 spiro atoms. The standard InChI is InChI=1S/C17H12BrNO4/c1-23-17(22)14(10-5-3-2-4-6-10)19-13-8-7-11(18)9-12(13)15(20)16(19)21/h2-9,14H,1H3. The number of hydrogen-bond acceptors (Lipinski definition) is 4. The van der Waals surface area contributed by atoms with Crippen LogP contribution in [0.25, 0.3) is 0 Å². The lowest BCUT2D eigenvalue weighted by molar-refractivity contribution is -0.143. The number of nitrogens with zero attached hydrogens (tertiary/aromatic N) is 1. The van der Waals surface area contributed by atoms with Gasteiger partial charge in [0.2, 0.25) is 0 Å². The average Bonchev–Trinajstić information content (AvgIpc) is 2.81. The maximum atomic E-state index is 12.5. The van der Waals surface area contributed by atoms with Gasteiger partial charge >= 0.3 is 11.9 Å². The molecule has 1 amide bonds. The van der Waals surface area contributed by atoms with Gasteiger partial charge in [0.1, 0.15) is 0 Å². The largest absolute Gasteiger partial charge is 0.467 e. The third-order valence-corrected chi connectivity index (χ3v) is 4.17. The number of anilines is 1. The lowest BCUT2D eigenvalue weighted by atomic mass is 10.1. The van der Waals surface area contributed by atoms with Gasteiger partial charge in [-0.05, 0) is 23.8 Å². The first-order valence-electron chi connectivity index (χ1n) is 6.85. The van der Waals surface area contributed by atoms with E-state index in [1.807, 2.05) is 0 Å². The monoisotopic (exact) mass is 373 g/mol. The van der Waals surface area contributed by atoms with Crippen molar-refractivity contribution in [3.63, 3.8) is 0 Å². The summed E-state index contributed by atoms with van der Waals surface area (Å²) in [5, 5.41) is 0. The van der Waals surface area contributed by atoms with Crippen molar-refractivity contribution in [2.24, 2.45) is 0 Å². The first kappa shape index (κ1) is 15.4. The normalized spacial score (nSPS) is 14.6. The fourth-order valence-electron chi connectivity index (χ4n) is 2.63. The zero-order chi connectivity index (χ0) is 16.6. The van der Waals surface area contributed by atoms with E-state index >= 15 is 0 Å². The second-order valence-corrected chi connectivity index (χ2v) is 5.92. The molecule has 3 rings (SSSR count). The number of halogens is 1. The van der Waals surface area contributed by atoms with Crippen molar-refractivity contribution in [1.82, 2.24) is 0 Å². The number of rotatable bonds is 3. The smallest absolute Gasteiger partial charge is 0.333 e. The second kappa shape index (κ2) is 5.96. The molecule has 1 unspecified atom stereocenters. The number of fused-ring (bicyclic) bond motifs is 1. The molecule has 1 aliphatic heterocycles. The minimum Gasteiger partial charge on any atom is -0.467 e. The zero-order valence-electron chi connectivity index (χ0n) is 12.2. The van der Waals surface area contributed by atoms with Gasteiger partial charge in [0.15, 0.2) is 6.04 Å². The molecule has 23 heavy (non-hydrogen) atoms. The Kier molecular flexibility index (Phi) is 4.00. The number of benzene rings is 2. The van der Waals surface area contributed by atoms with Gasteiger partial charge in [-0.25, -0.2) is 4.79 Å². The Bertz CT molecular complexity index is 803. The van der Waals surface area contributed by atoms with Crippen molar-refractivity contribution < 1.29 is 19.1 Å². The molecule has 0 saturated heterocycles. The van der Waals surface area contributed by atoms with Crippen LogP contribution in [0.4, 0.5) is 5.69 Å². The highest BCUT2D eigenvalue weighted by atomic mass is 79.9. The molecule has 2 aromatic carbocycles. The van der Waals surface area contributed by atoms with Crippen LogP contribution in [0.2, 0.25) is 0 Å². The summed E-state index contributed by atoms with van der Waals surface area (Å²) in [5.41, 5.74) is 1.26. The summed E-state index contributed by atoms with van der Waals surface area (Å²) in [6.45, 7) is 0. The molecule has 2 aromatic rings. The summed E-state index contributed by atoms with van der Waals surface area (Å²) in [6, 6.07) is 12.7. The molecule has 116 valence electrons. The number of esters is 1. The number of ketones is 1. The molecule has 0 saturated carbocycles. The van der Waals surface area contributed by atoms with Gasteiger partial charge in [-0.15, -0.1) is 0 Å². The Morgan fingerprint density at radius 1 is 1.13 bits per heavy atom. The van der Waals surface area contributed by atoms with E-state index in [4.69, 9.17) is 4.74 Å². The van der Waals surface area contributed by atoms with E-state index in [1.165, 1.54) is 12.0 Å². The van der Waals surface area contributed by atoms with Gasteiger partial charge in [-0.3, -0.25) is 14.5 Å². The second-order valence-electron chi connectivity index (χ2n) is 5.00. The highest BCUT2D eigenvalue weighted by Gasteiger charge is 2.43. The van der Waals surface area contributed by atoms with E-state index in [-0.39, 0.29) is 5.56 Å². The predicted octanol–water partition coefficient (Wildman–Crippen LogP) is 2.89. The molecule has 1 atom stereocenters. The Morgan fingerprint density at radius 3 is 2.48 bits per heavy atom. The molecule has 0 aromatic heterocycles. The Balaban J connectivity index is 2.16. The molecular weight excluding hydrogens is 362 g/mol. The zero-order valence-corrected chi connectivity index (χ0v) is 13.7. The van der Waals surface area contributed by atoms with Crippen molar-refractivity contribution in [2.45, 2.75) is 6.04 Å². The van der Waals surface area contributed by atoms with Gasteiger partial charge < -0.3 is 4.74 Å². The molecule has 0 aliphatic carbocycles. The number of carbonyl (C=O) groups is 3. The number of hydrogen-bond donors (Lipinski definition) is 0. The summed E-state index contributed by atoms with van der Waals surface area (Å²) in [5.74, 6) is -1.98. The summed E-state index contributed by atoms with van der Waals surface area (Å²) >= 11 is 3.28. The molecule has 0 N–H and O–H groups in total. The van der Waals surface area contributed by atoms with Gasteiger partial charge in [0.05, 0.1) is 18.4 Å². The number of ether oxygens (including phenoxy) is 1. The topological polar surface area (TPSA) is 63.7 Å². The van der Waals surface area contributed by atoms with E-state index in [2.05, 4.69) is 15.9 Å². The molecule has 5 nitrogen and oxygen atoms in total. The van der Waals surface area contributed by atoms with Crippen LogP contribution in [-0.4, -0.2) is 24.8 Å². The van der Waals surface area contributed by atoms with Crippen LogP contribution in [0.15, 0.2) is 53.0 Å². The van der Waals surface area contributed by atoms with Crippen LogP contribution >= 0.6 is 15.9 Å². The summed E-state index contributed by atoms with van der Waals surface area (Å²) in [4.78, 5) is 38.2. The SMILES string of the molecule is COC(=O)C(c1ccccc1)N1C(=O)C(=O)c2cc(Br)ccc21. The lowest BCUT2D eigenvalue weighted by Gasteiger charge is -2.26. The van der Waals surface area contributed by atoms with Gasteiger partial charge in [-0.2, -0.15) is 0 Å². The molecule has 1 aliphatic rings. The van der Waals surface area contributed by atoms with E-state index in [0.29, 0.717) is 15.7 Å². The highest BCUT2D eigenvalue weighted by Crippen LogP contribution is 2.37. The summed E-state index contributed by atoms with van der Waals surface area (Å²) in [7, 11) is 1.25. The van der Waals surface area contributed by atoms with E-state index < -0.39 is 23.7 Å². The van der Waals surface area contributed by atoms with Crippen LogP contribution in [0.1, 0.15) is 22.0 Å². The third kappa shape index (κ3) is 2.55. The van der Waals surface area contributed by atoms with Gasteiger partial charge in [0.25, 0.3) is 5.78 Å². The fourth-order valence-corrected chi connectivity index (χ4v) is 2.99. The quantitative estimate of drug-likeness (QED) is 0.612. The van der Waals surface area contributed by atoms with Gasteiger partial charge in [0, 0.05) is 4.47 Å². The van der Waals surface area contributed by atoms with E-state index in [9.17, 15) is 14.4 Å². The van der Waals surface area contributed by atoms with Crippen molar-refractivity contribution in [1.29, 1.82) is 0 Å². The van der Waals surface area contributed by atoms with Crippen LogP contribution in [0.3, 0.4) is 0 Å². The molecule has 0 bridgehead atoms. The first-order chi connectivity index (χ1) is 11.0. The Hall–Kier alpha value is -2.47. The van der Waals surface area contributed by atoms with E-state index in [1.54, 1.807) is 48.5 Å². The molecule has 0 radical (unpaired) electrons. The third-order valence-electron chi connectivity index (χ3n) is 3.67. The van der Waals surface area contributed by atoms with Crippen LogP contribution in [0, 0.1) is 0 Å². The molecule has 1 heterocycles. The molecular formula is C17H12BrNO4. The van der Waals surface area contributed by atoms with Crippen LogP contribution < -0.4 is 4.90 Å². The van der Waals surface area contributed by atoms with Crippen molar-refractivity contribution in [3.8, 4) is 0 Å². The lowest BCUT2D eigenvalue weighted by Crippen LogP contribution is -2.38. The number of amides is 1. The summed E-state index contributed by atoms with van der Waals surface area (Å²) in [6.07, 6.45) is 0. The van der Waals surface area contributed by atoms with Crippen molar-refractivity contribution >= 4 is 39.3 Å². The predicted molar refractivity (Wildman–Crippen MR) is 87.2 cm³/mol. The van der Waals surface area contributed by atoms with Gasteiger partial charge in [-0.1, -0.05) is 46.3 Å². The summed E-state index contributed by atoms with van der Waals surface area (Å²) < 4.78 is 5.54. The van der Waals surface area contributed by atoms with Crippen LogP contribution in [0.5, 0.6) is 0 Å². The Morgan fingerprint density at radius 2 is 1.83 bits per heavy atom. The fraction of sp³-hybridized carbons (Fsp3) is 0.118. The maximum Gasteiger partial charge on any atom is 0.333 e. The minimum absolute atomic E-state index is 0.272. The highest BCUT2D eigenvalue weighted by molar-refractivity contribution is 9.10. The Labute approximate surface area is 141 Å². The maximum absolute atomic E-state index is 12.5. The van der Waals surface area contributed by atoms with E-state index in [0.717, 1.165) is 0 Å². The number of carbonyl (C=O) groups excluding carboxylic acids is 3. The van der Waals surface area contributed by atoms with Crippen molar-refractivity contribution in [3.05, 3.63) is 64.1 Å². The molecule has 0 fully saturated rings. The minimum atomic E-state index is -1.000.